The number of benzene rings is 3. The van der Waals surface area contributed by atoms with Gasteiger partial charge >= 0.3 is 0 Å². The van der Waals surface area contributed by atoms with Crippen molar-refractivity contribution >= 4 is 48.5 Å². The highest BCUT2D eigenvalue weighted by Gasteiger charge is 2.32. The van der Waals surface area contributed by atoms with Crippen molar-refractivity contribution in [3.8, 4) is 0 Å². The van der Waals surface area contributed by atoms with Crippen molar-refractivity contribution in [1.29, 1.82) is 0 Å². The number of rotatable bonds is 4. The van der Waals surface area contributed by atoms with Crippen LogP contribution in [0.25, 0.3) is 11.0 Å². The highest BCUT2D eigenvalue weighted by molar-refractivity contribution is 9.10. The fourth-order valence-electron chi connectivity index (χ4n) is 4.27. The molecule has 4 aromatic rings. The first-order chi connectivity index (χ1) is 15.8. The van der Waals surface area contributed by atoms with E-state index in [9.17, 15) is 13.2 Å². The van der Waals surface area contributed by atoms with Gasteiger partial charge in [-0.25, -0.2) is 8.42 Å². The van der Waals surface area contributed by atoms with Crippen LogP contribution in [0.4, 0.5) is 5.69 Å². The van der Waals surface area contributed by atoms with Gasteiger partial charge in [0.2, 0.25) is 0 Å². The number of carbonyl (C=O) groups is 1. The van der Waals surface area contributed by atoms with Gasteiger partial charge in [-0.2, -0.15) is 4.31 Å². The highest BCUT2D eigenvalue weighted by Crippen LogP contribution is 2.36. The van der Waals surface area contributed by atoms with Crippen molar-refractivity contribution < 1.29 is 17.6 Å². The molecule has 1 aromatic heterocycles. The number of furan rings is 1. The van der Waals surface area contributed by atoms with Crippen molar-refractivity contribution in [3.05, 3.63) is 93.7 Å². The average Bonchev–Trinajstić information content (AvgIpc) is 3.18. The molecular weight excluding hydrogens is 502 g/mol. The molecule has 7 heteroatoms. The Labute approximate surface area is 201 Å². The average molecular weight is 524 g/mol. The molecule has 3 aromatic carbocycles. The Hall–Kier alpha value is -2.90. The van der Waals surface area contributed by atoms with Crippen molar-refractivity contribution in [3.63, 3.8) is 0 Å². The second kappa shape index (κ2) is 8.47. The number of halogens is 1. The highest BCUT2D eigenvalue weighted by atomic mass is 79.9. The number of nitrogens with zero attached hydrogens (tertiary/aromatic N) is 1. The minimum Gasteiger partial charge on any atom is -0.461 e. The van der Waals surface area contributed by atoms with Crippen LogP contribution in [0, 0.1) is 6.92 Å². The number of fused-ring (bicyclic) bond motifs is 3. The van der Waals surface area contributed by atoms with E-state index < -0.39 is 15.9 Å². The summed E-state index contributed by atoms with van der Waals surface area (Å²) in [6, 6.07) is 18.4. The summed E-state index contributed by atoms with van der Waals surface area (Å²) in [6.45, 7) is 1.92. The van der Waals surface area contributed by atoms with Gasteiger partial charge < -0.3 is 4.42 Å². The third-order valence-electron chi connectivity index (χ3n) is 6.01. The Morgan fingerprint density at radius 3 is 2.36 bits per heavy atom. The van der Waals surface area contributed by atoms with E-state index in [1.54, 1.807) is 54.6 Å². The van der Waals surface area contributed by atoms with Crippen LogP contribution in [-0.2, 0) is 22.9 Å². The van der Waals surface area contributed by atoms with Crippen molar-refractivity contribution in [2.75, 3.05) is 4.31 Å². The largest absolute Gasteiger partial charge is 0.461 e. The predicted molar refractivity (Wildman–Crippen MR) is 132 cm³/mol. The van der Waals surface area contributed by atoms with E-state index in [-0.39, 0.29) is 4.90 Å². The van der Waals surface area contributed by atoms with E-state index in [1.807, 2.05) is 6.92 Å². The van der Waals surface area contributed by atoms with Crippen molar-refractivity contribution in [2.24, 2.45) is 0 Å². The molecule has 0 saturated heterocycles. The third kappa shape index (κ3) is 4.00. The lowest BCUT2D eigenvalue weighted by molar-refractivity contribution is 0.101. The number of aryl methyl sites for hydroxylation is 3. The summed E-state index contributed by atoms with van der Waals surface area (Å²) in [7, 11) is -4.17. The van der Waals surface area contributed by atoms with Gasteiger partial charge in [0.05, 0.1) is 10.6 Å². The summed E-state index contributed by atoms with van der Waals surface area (Å²) >= 11 is 3.34. The second-order valence-electron chi connectivity index (χ2n) is 8.29. The predicted octanol–water partition coefficient (Wildman–Crippen LogP) is 6.42. The molecular formula is C26H22BrNO4S. The van der Waals surface area contributed by atoms with Crippen LogP contribution in [0.2, 0.25) is 0 Å². The molecule has 1 heterocycles. The molecule has 0 N–H and O–H groups in total. The quantitative estimate of drug-likeness (QED) is 0.309. The Morgan fingerprint density at radius 2 is 1.64 bits per heavy atom. The number of hydrogen-bond acceptors (Lipinski definition) is 4. The molecule has 5 rings (SSSR count). The molecule has 0 spiro atoms. The molecule has 1 aliphatic rings. The summed E-state index contributed by atoms with van der Waals surface area (Å²) in [5, 5.41) is 0.870. The number of amides is 1. The normalized spacial score (nSPS) is 13.6. The van der Waals surface area contributed by atoms with E-state index in [2.05, 4.69) is 15.9 Å². The summed E-state index contributed by atoms with van der Waals surface area (Å²) in [6.07, 6.45) is 3.91. The molecule has 33 heavy (non-hydrogen) atoms. The van der Waals surface area contributed by atoms with Crippen LogP contribution >= 0.6 is 15.9 Å². The lowest BCUT2D eigenvalue weighted by Crippen LogP contribution is -2.37. The zero-order valence-electron chi connectivity index (χ0n) is 18.0. The maximum atomic E-state index is 13.8. The van der Waals surface area contributed by atoms with Crippen LogP contribution in [0.15, 0.2) is 80.5 Å². The number of anilines is 1. The van der Waals surface area contributed by atoms with Crippen LogP contribution in [0.3, 0.4) is 0 Å². The first kappa shape index (κ1) is 21.9. The topological polar surface area (TPSA) is 67.6 Å². The first-order valence-electron chi connectivity index (χ1n) is 10.8. The van der Waals surface area contributed by atoms with E-state index in [1.165, 1.54) is 12.1 Å². The molecule has 0 aliphatic heterocycles. The Balaban J connectivity index is 1.69. The Bertz CT molecular complexity index is 1450. The van der Waals surface area contributed by atoms with Gasteiger partial charge in [-0.15, -0.1) is 0 Å². The molecule has 0 atom stereocenters. The summed E-state index contributed by atoms with van der Waals surface area (Å²) < 4.78 is 35.2. The number of sulfonamides is 1. The minimum atomic E-state index is -4.17. The molecule has 168 valence electrons. The van der Waals surface area contributed by atoms with Crippen LogP contribution < -0.4 is 4.31 Å². The standard InChI is InChI=1S/C26H22BrNO4S/c1-17-6-8-18(9-7-17)26(29)28(33(30,31)21-13-10-19(27)11-14-21)20-12-15-25-23(16-20)22-4-2-3-5-24(22)32-25/h6-16H,2-5H2,1H3. The zero-order chi connectivity index (χ0) is 23.2. The molecule has 0 fully saturated rings. The fourth-order valence-corrected chi connectivity index (χ4v) is 5.94. The van der Waals surface area contributed by atoms with E-state index in [0.717, 1.165) is 62.3 Å². The van der Waals surface area contributed by atoms with E-state index >= 15 is 0 Å². The smallest absolute Gasteiger partial charge is 0.272 e. The molecule has 5 nitrogen and oxygen atoms in total. The molecule has 0 bridgehead atoms. The van der Waals surface area contributed by atoms with Gasteiger partial charge in [0, 0.05) is 27.4 Å². The Morgan fingerprint density at radius 1 is 0.939 bits per heavy atom. The lowest BCUT2D eigenvalue weighted by Gasteiger charge is -2.23. The number of carbonyl (C=O) groups excluding carboxylic acids is 1. The lowest BCUT2D eigenvalue weighted by atomic mass is 9.96. The van der Waals surface area contributed by atoms with Gasteiger partial charge in [-0.1, -0.05) is 33.6 Å². The fraction of sp³-hybridized carbons (Fsp3) is 0.192. The monoisotopic (exact) mass is 523 g/mol. The van der Waals surface area contributed by atoms with Crippen molar-refractivity contribution in [1.82, 2.24) is 0 Å². The van der Waals surface area contributed by atoms with Gasteiger partial charge in [0.25, 0.3) is 15.9 Å². The third-order valence-corrected chi connectivity index (χ3v) is 8.26. The first-order valence-corrected chi connectivity index (χ1v) is 13.0. The maximum absolute atomic E-state index is 13.8. The zero-order valence-corrected chi connectivity index (χ0v) is 20.4. The summed E-state index contributed by atoms with van der Waals surface area (Å²) in [4.78, 5) is 13.7. The molecule has 0 saturated carbocycles. The van der Waals surface area contributed by atoms with Gasteiger partial charge in [0.15, 0.2) is 0 Å². The van der Waals surface area contributed by atoms with Gasteiger partial charge in [-0.05, 0) is 80.8 Å². The molecule has 0 radical (unpaired) electrons. The SMILES string of the molecule is Cc1ccc(C(=O)N(c2ccc3oc4c(c3c2)CCCC4)S(=O)(=O)c2ccc(Br)cc2)cc1. The summed E-state index contributed by atoms with van der Waals surface area (Å²) in [5.74, 6) is 0.357. The number of hydrogen-bond donors (Lipinski definition) is 0. The maximum Gasteiger partial charge on any atom is 0.272 e. The van der Waals surface area contributed by atoms with E-state index in [0.29, 0.717) is 11.3 Å². The van der Waals surface area contributed by atoms with E-state index in [4.69, 9.17) is 4.42 Å². The molecule has 1 aliphatic carbocycles. The van der Waals surface area contributed by atoms with Crippen LogP contribution in [-0.4, -0.2) is 14.3 Å². The second-order valence-corrected chi connectivity index (χ2v) is 11.0. The van der Waals surface area contributed by atoms with Gasteiger partial charge in [0.1, 0.15) is 11.3 Å². The molecule has 1 amide bonds. The van der Waals surface area contributed by atoms with Crippen LogP contribution in [0.5, 0.6) is 0 Å². The molecule has 0 unspecified atom stereocenters. The summed E-state index contributed by atoms with van der Waals surface area (Å²) in [5.41, 5.74) is 3.41. The Kier molecular flexibility index (Phi) is 5.62. The van der Waals surface area contributed by atoms with Gasteiger partial charge in [-0.3, -0.25) is 4.79 Å². The minimum absolute atomic E-state index is 0.0421. The van der Waals surface area contributed by atoms with Crippen molar-refractivity contribution in [2.45, 2.75) is 37.5 Å². The van der Waals surface area contributed by atoms with Crippen LogP contribution in [0.1, 0.15) is 40.1 Å².